The van der Waals surface area contributed by atoms with Gasteiger partial charge in [0.25, 0.3) is 10.0 Å². The Balaban J connectivity index is 1.90. The predicted octanol–water partition coefficient (Wildman–Crippen LogP) is 1.78. The minimum atomic E-state index is -3.69. The number of nitrogens with zero attached hydrogens (tertiary/aromatic N) is 2. The molecule has 0 spiro atoms. The molecule has 0 aliphatic heterocycles. The summed E-state index contributed by atoms with van der Waals surface area (Å²) in [4.78, 5) is 8.09. The minimum absolute atomic E-state index is 0.0610. The van der Waals surface area contributed by atoms with Crippen LogP contribution >= 0.6 is 11.3 Å². The molecule has 0 bridgehead atoms. The molecule has 1 aromatic carbocycles. The Hall–Kier alpha value is -2.23. The highest BCUT2D eigenvalue weighted by molar-refractivity contribution is 7.92. The van der Waals surface area contributed by atoms with Crippen molar-refractivity contribution >= 4 is 43.1 Å². The molecule has 0 radical (unpaired) electrons. The third kappa shape index (κ3) is 2.79. The maximum atomic E-state index is 12.3. The molecule has 0 saturated carbocycles. The van der Waals surface area contributed by atoms with E-state index < -0.39 is 10.0 Å². The zero-order chi connectivity index (χ0) is 14.9. The number of pyridine rings is 1. The molecule has 0 fully saturated rings. The second-order valence-electron chi connectivity index (χ2n) is 4.16. The van der Waals surface area contributed by atoms with Gasteiger partial charge in [-0.05, 0) is 30.3 Å². The van der Waals surface area contributed by atoms with Crippen molar-refractivity contribution in [2.75, 3.05) is 10.1 Å². The number of hydrogen-bond acceptors (Lipinski definition) is 7. The van der Waals surface area contributed by atoms with Gasteiger partial charge in [0.2, 0.25) is 0 Å². The highest BCUT2D eigenvalue weighted by Gasteiger charge is 2.15. The molecule has 9 heteroatoms. The van der Waals surface area contributed by atoms with Gasteiger partial charge in [0.05, 0.1) is 21.4 Å². The molecule has 3 rings (SSSR count). The molecular formula is C12H11N5O2S2. The summed E-state index contributed by atoms with van der Waals surface area (Å²) in [5.74, 6) is 5.58. The number of hydrogen-bond donors (Lipinski definition) is 3. The minimum Gasteiger partial charge on any atom is -0.308 e. The van der Waals surface area contributed by atoms with Crippen LogP contribution in [0.5, 0.6) is 0 Å². The van der Waals surface area contributed by atoms with E-state index in [0.29, 0.717) is 11.5 Å². The summed E-state index contributed by atoms with van der Waals surface area (Å²) >= 11 is 1.45. The molecule has 7 nitrogen and oxygen atoms in total. The Labute approximate surface area is 124 Å². The van der Waals surface area contributed by atoms with Gasteiger partial charge in [0.1, 0.15) is 10.7 Å². The van der Waals surface area contributed by atoms with E-state index in [2.05, 4.69) is 20.1 Å². The van der Waals surface area contributed by atoms with Gasteiger partial charge in [-0.15, -0.1) is 11.3 Å². The van der Waals surface area contributed by atoms with Gasteiger partial charge < -0.3 is 5.43 Å². The van der Waals surface area contributed by atoms with Crippen molar-refractivity contribution < 1.29 is 8.42 Å². The second-order valence-corrected chi connectivity index (χ2v) is 6.73. The summed E-state index contributed by atoms with van der Waals surface area (Å²) in [6.07, 6.45) is 1.24. The summed E-state index contributed by atoms with van der Waals surface area (Å²) in [6, 6.07) is 8.09. The zero-order valence-electron chi connectivity index (χ0n) is 10.6. The van der Waals surface area contributed by atoms with Gasteiger partial charge in [-0.2, -0.15) is 0 Å². The molecule has 0 saturated heterocycles. The Kier molecular flexibility index (Phi) is 3.45. The van der Waals surface area contributed by atoms with Gasteiger partial charge in [-0.25, -0.2) is 24.2 Å². The van der Waals surface area contributed by atoms with Crippen molar-refractivity contribution in [2.45, 2.75) is 4.90 Å². The van der Waals surface area contributed by atoms with Crippen LogP contribution in [-0.4, -0.2) is 18.4 Å². The van der Waals surface area contributed by atoms with Crippen molar-refractivity contribution in [3.8, 4) is 0 Å². The first-order chi connectivity index (χ1) is 10.1. The Bertz CT molecular complexity index is 874. The van der Waals surface area contributed by atoms with Crippen LogP contribution < -0.4 is 16.0 Å². The van der Waals surface area contributed by atoms with Gasteiger partial charge in [0.15, 0.2) is 0 Å². The fourth-order valence-electron chi connectivity index (χ4n) is 1.76. The summed E-state index contributed by atoms with van der Waals surface area (Å²) in [5.41, 5.74) is 5.37. The van der Waals surface area contributed by atoms with Gasteiger partial charge in [-0.3, -0.25) is 4.72 Å². The quantitative estimate of drug-likeness (QED) is 0.499. The van der Waals surface area contributed by atoms with E-state index in [4.69, 9.17) is 5.84 Å². The normalized spacial score (nSPS) is 11.5. The summed E-state index contributed by atoms with van der Waals surface area (Å²) in [5, 5.41) is 0. The molecule has 108 valence electrons. The van der Waals surface area contributed by atoms with Gasteiger partial charge in [-0.1, -0.05) is 0 Å². The molecule has 0 aliphatic carbocycles. The molecule has 4 N–H and O–H groups in total. The van der Waals surface area contributed by atoms with Crippen LogP contribution in [0.15, 0.2) is 46.9 Å². The summed E-state index contributed by atoms with van der Waals surface area (Å²) in [7, 11) is -3.69. The SMILES string of the molecule is NNc1ccc(S(=O)(=O)Nc2ccc3ncsc3c2)cn1. The lowest BCUT2D eigenvalue weighted by molar-refractivity contribution is 0.601. The van der Waals surface area contributed by atoms with Crippen LogP contribution in [0.4, 0.5) is 11.5 Å². The van der Waals surface area contributed by atoms with Crippen molar-refractivity contribution in [3.63, 3.8) is 0 Å². The lowest BCUT2D eigenvalue weighted by Gasteiger charge is -2.08. The standard InChI is InChI=1S/C12H11N5O2S2/c13-16-12-4-2-9(6-14-12)21(18,19)17-8-1-3-10-11(5-8)20-7-15-10/h1-7,17H,13H2,(H,14,16). The van der Waals surface area contributed by atoms with E-state index in [0.717, 1.165) is 10.2 Å². The second kappa shape index (κ2) is 5.28. The Morgan fingerprint density at radius 3 is 2.71 bits per heavy atom. The highest BCUT2D eigenvalue weighted by atomic mass is 32.2. The van der Waals surface area contributed by atoms with Crippen molar-refractivity contribution in [2.24, 2.45) is 5.84 Å². The van der Waals surface area contributed by atoms with Gasteiger partial charge >= 0.3 is 0 Å². The topological polar surface area (TPSA) is 110 Å². The number of anilines is 2. The fourth-order valence-corrected chi connectivity index (χ4v) is 3.47. The Morgan fingerprint density at radius 1 is 1.14 bits per heavy atom. The van der Waals surface area contributed by atoms with E-state index in [-0.39, 0.29) is 4.90 Å². The molecule has 0 atom stereocenters. The van der Waals surface area contributed by atoms with Crippen LogP contribution in [0.1, 0.15) is 0 Å². The molecule has 2 aromatic heterocycles. The number of aromatic nitrogens is 2. The number of hydrazine groups is 1. The number of nitrogens with two attached hydrogens (primary N) is 1. The van der Waals surface area contributed by atoms with E-state index in [1.165, 1.54) is 29.7 Å². The largest absolute Gasteiger partial charge is 0.308 e. The van der Waals surface area contributed by atoms with Crippen LogP contribution in [0.25, 0.3) is 10.2 Å². The summed E-state index contributed by atoms with van der Waals surface area (Å²) < 4.78 is 27.9. The van der Waals surface area contributed by atoms with E-state index in [1.807, 2.05) is 0 Å². The number of sulfonamides is 1. The molecule has 0 aliphatic rings. The lowest BCUT2D eigenvalue weighted by atomic mass is 10.3. The molecular weight excluding hydrogens is 310 g/mol. The molecule has 2 heterocycles. The average Bonchev–Trinajstić information content (AvgIpc) is 2.94. The lowest BCUT2D eigenvalue weighted by Crippen LogP contribution is -2.14. The van der Waals surface area contributed by atoms with Gasteiger partial charge in [0, 0.05) is 6.20 Å². The Morgan fingerprint density at radius 2 is 2.00 bits per heavy atom. The number of nitrogens with one attached hydrogen (secondary N) is 2. The maximum Gasteiger partial charge on any atom is 0.263 e. The molecule has 0 amide bonds. The van der Waals surface area contributed by atoms with E-state index >= 15 is 0 Å². The average molecular weight is 321 g/mol. The van der Waals surface area contributed by atoms with Crippen LogP contribution in [-0.2, 0) is 10.0 Å². The monoisotopic (exact) mass is 321 g/mol. The number of benzene rings is 1. The molecule has 0 unspecified atom stereocenters. The van der Waals surface area contributed by atoms with Crippen molar-refractivity contribution in [3.05, 3.63) is 42.0 Å². The van der Waals surface area contributed by atoms with Crippen molar-refractivity contribution in [1.82, 2.24) is 9.97 Å². The summed E-state index contributed by atoms with van der Waals surface area (Å²) in [6.45, 7) is 0. The van der Waals surface area contributed by atoms with Crippen LogP contribution in [0.3, 0.4) is 0 Å². The van der Waals surface area contributed by atoms with E-state index in [9.17, 15) is 8.42 Å². The van der Waals surface area contributed by atoms with Crippen LogP contribution in [0.2, 0.25) is 0 Å². The number of rotatable bonds is 4. The first-order valence-corrected chi connectivity index (χ1v) is 8.23. The molecule has 21 heavy (non-hydrogen) atoms. The van der Waals surface area contributed by atoms with Crippen molar-refractivity contribution in [1.29, 1.82) is 0 Å². The number of nitrogen functional groups attached to an aromatic ring is 1. The zero-order valence-corrected chi connectivity index (χ0v) is 12.3. The third-order valence-corrected chi connectivity index (χ3v) is 4.94. The number of fused-ring (bicyclic) bond motifs is 1. The fraction of sp³-hybridized carbons (Fsp3) is 0. The third-order valence-electron chi connectivity index (χ3n) is 2.78. The van der Waals surface area contributed by atoms with Crippen LogP contribution in [0, 0.1) is 0 Å². The maximum absolute atomic E-state index is 12.3. The molecule has 3 aromatic rings. The predicted molar refractivity (Wildman–Crippen MR) is 82.5 cm³/mol. The number of thiazole rings is 1. The first-order valence-electron chi connectivity index (χ1n) is 5.87. The highest BCUT2D eigenvalue weighted by Crippen LogP contribution is 2.23. The van der Waals surface area contributed by atoms with E-state index in [1.54, 1.807) is 23.7 Å². The smallest absolute Gasteiger partial charge is 0.263 e. The first kappa shape index (κ1) is 13.7.